The topological polar surface area (TPSA) is 115 Å². The summed E-state index contributed by atoms with van der Waals surface area (Å²) in [5, 5.41) is 2.82. The maximum absolute atomic E-state index is 13.0. The Balaban J connectivity index is 1.41. The number of anilines is 2. The first-order valence-corrected chi connectivity index (χ1v) is 12.5. The molecular weight excluding hydrogens is 470 g/mol. The molecule has 10 nitrogen and oxygen atoms in total. The van der Waals surface area contributed by atoms with E-state index in [-0.39, 0.29) is 11.9 Å². The Labute approximate surface area is 209 Å². The van der Waals surface area contributed by atoms with Crippen LogP contribution in [0.1, 0.15) is 39.0 Å². The number of imide groups is 1. The standard InChI is InChI=1S/C24H32ClN7O3/c1-2-9-32(24(35)31-10-5-3-4-6-22(31)33)28-23(34)30-13-11-29(12-14-30)20-16-21(26)27-19-15-17(25)7-8-18(19)20/h7-8,15-16H,2-6,9-14H2,1H3,(H2,26,27)(H,28,34). The first kappa shape index (κ1) is 24.8. The fraction of sp³-hybridized carbons (Fsp3) is 0.500. The smallest absolute Gasteiger partial charge is 0.345 e. The number of hydrogen-bond donors (Lipinski definition) is 2. The van der Waals surface area contributed by atoms with E-state index >= 15 is 0 Å². The maximum atomic E-state index is 13.0. The molecule has 0 spiro atoms. The minimum atomic E-state index is -0.455. The van der Waals surface area contributed by atoms with Gasteiger partial charge in [0, 0.05) is 67.9 Å². The number of benzene rings is 1. The number of urea groups is 2. The highest BCUT2D eigenvalue weighted by Crippen LogP contribution is 2.30. The molecule has 2 fully saturated rings. The number of rotatable bonds is 3. The summed E-state index contributed by atoms with van der Waals surface area (Å²) < 4.78 is 0. The van der Waals surface area contributed by atoms with Gasteiger partial charge in [0.2, 0.25) is 5.91 Å². The number of hydrogen-bond acceptors (Lipinski definition) is 6. The lowest BCUT2D eigenvalue weighted by atomic mass is 10.1. The summed E-state index contributed by atoms with van der Waals surface area (Å²) in [7, 11) is 0. The van der Waals surface area contributed by atoms with E-state index in [1.165, 1.54) is 9.91 Å². The number of nitrogens with one attached hydrogen (secondary N) is 1. The van der Waals surface area contributed by atoms with Crippen molar-refractivity contribution in [2.24, 2.45) is 0 Å². The van der Waals surface area contributed by atoms with E-state index in [9.17, 15) is 14.4 Å². The Hall–Kier alpha value is -3.27. The van der Waals surface area contributed by atoms with Gasteiger partial charge in [-0.1, -0.05) is 24.9 Å². The first-order chi connectivity index (χ1) is 16.9. The van der Waals surface area contributed by atoms with Crippen LogP contribution in [0.15, 0.2) is 24.3 Å². The number of nitrogens with two attached hydrogens (primary N) is 1. The molecular formula is C24H32ClN7O3. The number of carbonyl (C=O) groups excluding carboxylic acids is 3. The molecule has 1 aromatic heterocycles. The van der Waals surface area contributed by atoms with Crippen molar-refractivity contribution >= 4 is 52.0 Å². The van der Waals surface area contributed by atoms with Gasteiger partial charge in [-0.15, -0.1) is 0 Å². The Morgan fingerprint density at radius 1 is 1.11 bits per heavy atom. The lowest BCUT2D eigenvalue weighted by molar-refractivity contribution is -0.128. The summed E-state index contributed by atoms with van der Waals surface area (Å²) in [6.45, 7) is 4.79. The van der Waals surface area contributed by atoms with Crippen molar-refractivity contribution in [3.05, 3.63) is 29.3 Å². The van der Waals surface area contributed by atoms with Crippen LogP contribution in [-0.4, -0.2) is 77.0 Å². The van der Waals surface area contributed by atoms with Gasteiger partial charge in [-0.25, -0.2) is 25.0 Å². The lowest BCUT2D eigenvalue weighted by Gasteiger charge is -2.38. The summed E-state index contributed by atoms with van der Waals surface area (Å²) in [6, 6.07) is 6.57. The van der Waals surface area contributed by atoms with Crippen LogP contribution >= 0.6 is 11.6 Å². The highest BCUT2D eigenvalue weighted by molar-refractivity contribution is 6.31. The van der Waals surface area contributed by atoms with Gasteiger partial charge in [-0.2, -0.15) is 0 Å². The zero-order chi connectivity index (χ0) is 24.9. The average molecular weight is 502 g/mol. The zero-order valence-corrected chi connectivity index (χ0v) is 20.8. The minimum absolute atomic E-state index is 0.179. The van der Waals surface area contributed by atoms with Crippen molar-refractivity contribution in [3.8, 4) is 0 Å². The van der Waals surface area contributed by atoms with Gasteiger partial charge in [-0.3, -0.25) is 9.69 Å². The predicted molar refractivity (Wildman–Crippen MR) is 136 cm³/mol. The number of fused-ring (bicyclic) bond motifs is 1. The second kappa shape index (κ2) is 11.0. The summed E-state index contributed by atoms with van der Waals surface area (Å²) in [4.78, 5) is 48.0. The monoisotopic (exact) mass is 501 g/mol. The summed E-state index contributed by atoms with van der Waals surface area (Å²) in [5.74, 6) is 0.230. The fourth-order valence-corrected chi connectivity index (χ4v) is 4.72. The number of likely N-dealkylation sites (tertiary alicyclic amines) is 1. The Morgan fingerprint density at radius 3 is 2.63 bits per heavy atom. The third-order valence-corrected chi connectivity index (χ3v) is 6.63. The number of hydrazine groups is 1. The number of pyridine rings is 1. The van der Waals surface area contributed by atoms with Crippen LogP contribution in [0.2, 0.25) is 5.02 Å². The molecule has 4 rings (SSSR count). The molecule has 0 atom stereocenters. The largest absolute Gasteiger partial charge is 0.384 e. The molecule has 2 aromatic rings. The van der Waals surface area contributed by atoms with Crippen molar-refractivity contribution in [2.45, 2.75) is 39.0 Å². The van der Waals surface area contributed by atoms with Gasteiger partial charge >= 0.3 is 12.1 Å². The van der Waals surface area contributed by atoms with Crippen LogP contribution in [-0.2, 0) is 4.79 Å². The normalized spacial score (nSPS) is 16.9. The number of piperazine rings is 1. The van der Waals surface area contributed by atoms with Crippen LogP contribution in [0.4, 0.5) is 21.1 Å². The Bertz CT molecular complexity index is 1100. The third kappa shape index (κ3) is 5.70. The van der Waals surface area contributed by atoms with E-state index in [4.69, 9.17) is 17.3 Å². The summed E-state index contributed by atoms with van der Waals surface area (Å²) in [5.41, 5.74) is 10.4. The third-order valence-electron chi connectivity index (χ3n) is 6.39. The van der Waals surface area contributed by atoms with Crippen LogP contribution < -0.4 is 16.1 Å². The number of aromatic nitrogens is 1. The molecule has 0 unspecified atom stereocenters. The Morgan fingerprint density at radius 2 is 1.89 bits per heavy atom. The van der Waals surface area contributed by atoms with Gasteiger partial charge in [0.1, 0.15) is 5.82 Å². The number of nitrogen functional groups attached to an aromatic ring is 1. The zero-order valence-electron chi connectivity index (χ0n) is 20.0. The van der Waals surface area contributed by atoms with Crippen LogP contribution in [0.5, 0.6) is 0 Å². The van der Waals surface area contributed by atoms with E-state index < -0.39 is 6.03 Å². The first-order valence-electron chi connectivity index (χ1n) is 12.2. The highest BCUT2D eigenvalue weighted by Gasteiger charge is 2.30. The molecule has 3 heterocycles. The molecule has 0 saturated carbocycles. The van der Waals surface area contributed by atoms with Crippen molar-refractivity contribution in [1.82, 2.24) is 25.2 Å². The highest BCUT2D eigenvalue weighted by atomic mass is 35.5. The van der Waals surface area contributed by atoms with E-state index in [1.54, 1.807) is 11.0 Å². The van der Waals surface area contributed by atoms with Crippen molar-refractivity contribution in [1.29, 1.82) is 0 Å². The number of nitrogens with zero attached hydrogens (tertiary/aromatic N) is 5. The summed E-state index contributed by atoms with van der Waals surface area (Å²) >= 11 is 6.12. The van der Waals surface area contributed by atoms with Crippen LogP contribution in [0.25, 0.3) is 10.9 Å². The summed E-state index contributed by atoms with van der Waals surface area (Å²) in [6.07, 6.45) is 3.52. The quantitative estimate of drug-likeness (QED) is 0.622. The molecule has 2 saturated heterocycles. The Kier molecular flexibility index (Phi) is 7.80. The maximum Gasteiger partial charge on any atom is 0.345 e. The second-order valence-electron chi connectivity index (χ2n) is 8.91. The molecule has 188 valence electrons. The molecule has 0 radical (unpaired) electrons. The van der Waals surface area contributed by atoms with Gasteiger partial charge in [0.05, 0.1) is 5.52 Å². The molecule has 0 aliphatic carbocycles. The van der Waals surface area contributed by atoms with E-state index in [0.29, 0.717) is 63.0 Å². The van der Waals surface area contributed by atoms with E-state index in [1.807, 2.05) is 25.1 Å². The second-order valence-corrected chi connectivity index (χ2v) is 9.35. The molecule has 35 heavy (non-hydrogen) atoms. The average Bonchev–Trinajstić information content (AvgIpc) is 3.06. The fourth-order valence-electron chi connectivity index (χ4n) is 4.55. The molecule has 11 heteroatoms. The van der Waals surface area contributed by atoms with Gasteiger partial charge < -0.3 is 15.5 Å². The van der Waals surface area contributed by atoms with Crippen molar-refractivity contribution in [3.63, 3.8) is 0 Å². The van der Waals surface area contributed by atoms with Crippen molar-refractivity contribution in [2.75, 3.05) is 49.9 Å². The number of halogens is 1. The van der Waals surface area contributed by atoms with Gasteiger partial charge in [-0.05, 0) is 37.5 Å². The van der Waals surface area contributed by atoms with E-state index in [0.717, 1.165) is 35.9 Å². The predicted octanol–water partition coefficient (Wildman–Crippen LogP) is 3.45. The number of carbonyl (C=O) groups is 3. The van der Waals surface area contributed by atoms with E-state index in [2.05, 4.69) is 15.3 Å². The van der Waals surface area contributed by atoms with Crippen LogP contribution in [0, 0.1) is 0 Å². The molecule has 2 aliphatic heterocycles. The van der Waals surface area contributed by atoms with Gasteiger partial charge in [0.15, 0.2) is 0 Å². The molecule has 2 aliphatic rings. The van der Waals surface area contributed by atoms with Crippen LogP contribution in [0.3, 0.4) is 0 Å². The van der Waals surface area contributed by atoms with Gasteiger partial charge in [0.25, 0.3) is 0 Å². The molecule has 0 bridgehead atoms. The molecule has 1 aromatic carbocycles. The molecule has 5 amide bonds. The van der Waals surface area contributed by atoms with Crippen molar-refractivity contribution < 1.29 is 14.4 Å². The number of amides is 5. The minimum Gasteiger partial charge on any atom is -0.384 e. The SMILES string of the molecule is CCCN(NC(=O)N1CCN(c2cc(N)nc3cc(Cl)ccc23)CC1)C(=O)N1CCCCCC1=O. The molecule has 3 N–H and O–H groups in total. The lowest BCUT2D eigenvalue weighted by Crippen LogP contribution is -2.59.